The van der Waals surface area contributed by atoms with Gasteiger partial charge in [-0.25, -0.2) is 4.79 Å². The van der Waals surface area contributed by atoms with Gasteiger partial charge in [0.05, 0.1) is 6.61 Å². The van der Waals surface area contributed by atoms with Crippen LogP contribution in [0.25, 0.3) is 0 Å². The number of ether oxygens (including phenoxy) is 1. The van der Waals surface area contributed by atoms with Gasteiger partial charge in [0.15, 0.2) is 0 Å². The van der Waals surface area contributed by atoms with Crippen molar-refractivity contribution in [2.75, 3.05) is 6.61 Å². The van der Waals surface area contributed by atoms with Crippen LogP contribution in [-0.4, -0.2) is 29.6 Å². The second kappa shape index (κ2) is 9.18. The van der Waals surface area contributed by atoms with Crippen molar-refractivity contribution in [2.24, 2.45) is 11.8 Å². The summed E-state index contributed by atoms with van der Waals surface area (Å²) in [5.41, 5.74) is 0.845. The third-order valence-electron chi connectivity index (χ3n) is 3.54. The molecular formula is C18H27NO4. The van der Waals surface area contributed by atoms with E-state index in [0.29, 0.717) is 12.3 Å². The Morgan fingerprint density at radius 2 is 1.78 bits per heavy atom. The SMILES string of the molecule is CCOC(=O)[C@H](Cc1ccc(O)cc1)NC(=O)C(C)CC(C)C. The van der Waals surface area contributed by atoms with Crippen LogP contribution in [0.5, 0.6) is 5.75 Å². The Balaban J connectivity index is 2.77. The van der Waals surface area contributed by atoms with Gasteiger partial charge in [0.1, 0.15) is 11.8 Å². The lowest BCUT2D eigenvalue weighted by Gasteiger charge is -2.20. The topological polar surface area (TPSA) is 75.6 Å². The quantitative estimate of drug-likeness (QED) is 0.722. The fraction of sp³-hybridized carbons (Fsp3) is 0.556. The highest BCUT2D eigenvalue weighted by atomic mass is 16.5. The molecule has 2 atom stereocenters. The van der Waals surface area contributed by atoms with Gasteiger partial charge in [-0.3, -0.25) is 4.79 Å². The second-order valence-corrected chi connectivity index (χ2v) is 6.21. The molecule has 2 N–H and O–H groups in total. The predicted octanol–water partition coefficient (Wildman–Crippen LogP) is 2.66. The summed E-state index contributed by atoms with van der Waals surface area (Å²) in [5, 5.41) is 12.1. The van der Waals surface area contributed by atoms with Crippen molar-refractivity contribution < 1.29 is 19.4 Å². The van der Waals surface area contributed by atoms with Crippen molar-refractivity contribution in [3.8, 4) is 5.75 Å². The standard InChI is InChI=1S/C18H27NO4/c1-5-23-18(22)16(11-14-6-8-15(20)9-7-14)19-17(21)13(4)10-12(2)3/h6-9,12-13,16,20H,5,10-11H2,1-4H3,(H,19,21)/t13?,16-/m0/s1. The van der Waals surface area contributed by atoms with Gasteiger partial charge in [-0.1, -0.05) is 32.9 Å². The average molecular weight is 321 g/mol. The summed E-state index contributed by atoms with van der Waals surface area (Å²) < 4.78 is 5.06. The van der Waals surface area contributed by atoms with E-state index in [0.717, 1.165) is 12.0 Å². The zero-order chi connectivity index (χ0) is 17.4. The molecule has 1 aromatic rings. The van der Waals surface area contributed by atoms with E-state index >= 15 is 0 Å². The first-order chi connectivity index (χ1) is 10.8. The average Bonchev–Trinajstić information content (AvgIpc) is 2.48. The first kappa shape index (κ1) is 19.0. The zero-order valence-corrected chi connectivity index (χ0v) is 14.3. The maximum atomic E-state index is 12.3. The third-order valence-corrected chi connectivity index (χ3v) is 3.54. The molecule has 5 nitrogen and oxygen atoms in total. The van der Waals surface area contributed by atoms with E-state index < -0.39 is 12.0 Å². The van der Waals surface area contributed by atoms with Crippen molar-refractivity contribution in [2.45, 2.75) is 46.6 Å². The number of amides is 1. The Hall–Kier alpha value is -2.04. The van der Waals surface area contributed by atoms with Crippen LogP contribution in [0.15, 0.2) is 24.3 Å². The molecule has 0 heterocycles. The number of phenolic OH excluding ortho intramolecular Hbond substituents is 1. The highest BCUT2D eigenvalue weighted by molar-refractivity contribution is 5.85. The number of carbonyl (C=O) groups excluding carboxylic acids is 2. The van der Waals surface area contributed by atoms with Crippen LogP contribution in [0, 0.1) is 11.8 Å². The minimum Gasteiger partial charge on any atom is -0.508 e. The van der Waals surface area contributed by atoms with E-state index in [-0.39, 0.29) is 24.2 Å². The molecule has 0 aliphatic carbocycles. The third kappa shape index (κ3) is 6.72. The van der Waals surface area contributed by atoms with Crippen LogP contribution >= 0.6 is 0 Å². The number of benzene rings is 1. The molecule has 0 aliphatic heterocycles. The number of rotatable bonds is 8. The molecule has 23 heavy (non-hydrogen) atoms. The van der Waals surface area contributed by atoms with Gasteiger partial charge in [0.2, 0.25) is 5.91 Å². The molecule has 0 bridgehead atoms. The maximum Gasteiger partial charge on any atom is 0.328 e. The molecule has 0 spiro atoms. The molecule has 0 aromatic heterocycles. The summed E-state index contributed by atoms with van der Waals surface area (Å²) in [5.74, 6) is -0.169. The molecule has 5 heteroatoms. The van der Waals surface area contributed by atoms with Gasteiger partial charge in [0, 0.05) is 12.3 Å². The van der Waals surface area contributed by atoms with E-state index in [4.69, 9.17) is 4.74 Å². The summed E-state index contributed by atoms with van der Waals surface area (Å²) >= 11 is 0. The Labute approximate surface area is 138 Å². The minimum absolute atomic E-state index is 0.143. The van der Waals surface area contributed by atoms with Crippen LogP contribution in [0.3, 0.4) is 0 Å². The lowest BCUT2D eigenvalue weighted by Crippen LogP contribution is -2.45. The van der Waals surface area contributed by atoms with Crippen LogP contribution in [-0.2, 0) is 20.7 Å². The molecule has 0 fully saturated rings. The van der Waals surface area contributed by atoms with E-state index in [1.54, 1.807) is 31.2 Å². The Morgan fingerprint density at radius 3 is 2.30 bits per heavy atom. The van der Waals surface area contributed by atoms with E-state index in [1.165, 1.54) is 0 Å². The van der Waals surface area contributed by atoms with Crippen LogP contribution in [0.4, 0.5) is 0 Å². The number of phenols is 1. The maximum absolute atomic E-state index is 12.3. The number of aromatic hydroxyl groups is 1. The summed E-state index contributed by atoms with van der Waals surface area (Å²) in [6.45, 7) is 7.98. The zero-order valence-electron chi connectivity index (χ0n) is 14.3. The molecule has 1 aromatic carbocycles. The molecule has 1 rings (SSSR count). The largest absolute Gasteiger partial charge is 0.508 e. The van der Waals surface area contributed by atoms with Gasteiger partial charge in [-0.15, -0.1) is 0 Å². The molecule has 0 saturated heterocycles. The summed E-state index contributed by atoms with van der Waals surface area (Å²) in [6.07, 6.45) is 1.10. The second-order valence-electron chi connectivity index (χ2n) is 6.21. The summed E-state index contributed by atoms with van der Waals surface area (Å²) in [4.78, 5) is 24.4. The molecule has 0 saturated carbocycles. The highest BCUT2D eigenvalue weighted by Crippen LogP contribution is 2.14. The Kier molecular flexibility index (Phi) is 7.59. The molecule has 1 amide bonds. The van der Waals surface area contributed by atoms with Gasteiger partial charge < -0.3 is 15.2 Å². The molecule has 0 aliphatic rings. The monoisotopic (exact) mass is 321 g/mol. The van der Waals surface area contributed by atoms with Gasteiger partial charge in [0.25, 0.3) is 0 Å². The van der Waals surface area contributed by atoms with E-state index in [2.05, 4.69) is 19.2 Å². The smallest absolute Gasteiger partial charge is 0.328 e. The van der Waals surface area contributed by atoms with E-state index in [9.17, 15) is 14.7 Å². The van der Waals surface area contributed by atoms with Crippen LogP contribution in [0.2, 0.25) is 0 Å². The normalized spacial score (nSPS) is 13.4. The van der Waals surface area contributed by atoms with Gasteiger partial charge in [-0.05, 0) is 37.0 Å². The highest BCUT2D eigenvalue weighted by Gasteiger charge is 2.25. The fourth-order valence-electron chi connectivity index (χ4n) is 2.43. The first-order valence-corrected chi connectivity index (χ1v) is 8.08. The predicted molar refractivity (Wildman–Crippen MR) is 89.0 cm³/mol. The lowest BCUT2D eigenvalue weighted by atomic mass is 9.97. The van der Waals surface area contributed by atoms with Crippen LogP contribution in [0.1, 0.15) is 39.7 Å². The summed E-state index contributed by atoms with van der Waals surface area (Å²) in [6, 6.07) is 5.85. The van der Waals surface area contributed by atoms with E-state index in [1.807, 2.05) is 6.92 Å². The van der Waals surface area contributed by atoms with Crippen molar-refractivity contribution in [1.29, 1.82) is 0 Å². The van der Waals surface area contributed by atoms with Crippen LogP contribution < -0.4 is 5.32 Å². The number of hydrogen-bond acceptors (Lipinski definition) is 4. The number of nitrogens with one attached hydrogen (secondary N) is 1. The molecule has 1 unspecified atom stereocenters. The first-order valence-electron chi connectivity index (χ1n) is 8.08. The minimum atomic E-state index is -0.721. The lowest BCUT2D eigenvalue weighted by molar-refractivity contribution is -0.147. The number of esters is 1. The fourth-order valence-corrected chi connectivity index (χ4v) is 2.43. The van der Waals surface area contributed by atoms with Crippen molar-refractivity contribution >= 4 is 11.9 Å². The van der Waals surface area contributed by atoms with Crippen molar-refractivity contribution in [3.05, 3.63) is 29.8 Å². The van der Waals surface area contributed by atoms with Crippen molar-refractivity contribution in [1.82, 2.24) is 5.32 Å². The van der Waals surface area contributed by atoms with Gasteiger partial charge >= 0.3 is 5.97 Å². The number of hydrogen-bond donors (Lipinski definition) is 2. The Bertz CT molecular complexity index is 510. The Morgan fingerprint density at radius 1 is 1.17 bits per heavy atom. The molecule has 128 valence electrons. The number of carbonyl (C=O) groups is 2. The van der Waals surface area contributed by atoms with Crippen molar-refractivity contribution in [3.63, 3.8) is 0 Å². The molecule has 0 radical (unpaired) electrons. The molecular weight excluding hydrogens is 294 g/mol. The summed E-state index contributed by atoms with van der Waals surface area (Å²) in [7, 11) is 0. The van der Waals surface area contributed by atoms with Gasteiger partial charge in [-0.2, -0.15) is 0 Å².